The van der Waals surface area contributed by atoms with Gasteiger partial charge in [0.05, 0.1) is 5.41 Å². The Bertz CT molecular complexity index is 263. The number of terminal acetylenes is 1. The van der Waals surface area contributed by atoms with Gasteiger partial charge in [0.25, 0.3) is 0 Å². The lowest BCUT2D eigenvalue weighted by Crippen LogP contribution is -1.89. The summed E-state index contributed by atoms with van der Waals surface area (Å²) in [5, 5.41) is 0. The fourth-order valence-corrected chi connectivity index (χ4v) is 0.884. The van der Waals surface area contributed by atoms with Gasteiger partial charge >= 0.3 is 0 Å². The first-order chi connectivity index (χ1) is 5.59. The van der Waals surface area contributed by atoms with E-state index in [4.69, 9.17) is 6.42 Å². The van der Waals surface area contributed by atoms with Crippen molar-refractivity contribution >= 4 is 0 Å². The van der Waals surface area contributed by atoms with Crippen LogP contribution in [0.2, 0.25) is 0 Å². The van der Waals surface area contributed by atoms with Gasteiger partial charge in [-0.1, -0.05) is 19.8 Å². The second kappa shape index (κ2) is 3.21. The van der Waals surface area contributed by atoms with Crippen molar-refractivity contribution in [2.24, 2.45) is 11.3 Å². The van der Waals surface area contributed by atoms with Crippen LogP contribution < -0.4 is 0 Å². The minimum atomic E-state index is 0.0795. The Morgan fingerprint density at radius 1 is 1.50 bits per heavy atom. The van der Waals surface area contributed by atoms with Crippen molar-refractivity contribution in [3.8, 4) is 12.3 Å². The zero-order chi connectivity index (χ0) is 9.19. The molecule has 0 aromatic rings. The van der Waals surface area contributed by atoms with E-state index < -0.39 is 0 Å². The third-order valence-corrected chi connectivity index (χ3v) is 2.52. The Hall–Kier alpha value is -0.920. The van der Waals surface area contributed by atoms with Crippen molar-refractivity contribution in [1.82, 2.24) is 0 Å². The van der Waals surface area contributed by atoms with Gasteiger partial charge in [-0.2, -0.15) is 0 Å². The molecule has 0 radical (unpaired) electrons. The molecule has 1 aliphatic rings. The lowest BCUT2D eigenvalue weighted by Gasteiger charge is -2.00. The largest absolute Gasteiger partial charge is 0.125 e. The van der Waals surface area contributed by atoms with Gasteiger partial charge in [-0.15, -0.1) is 12.2 Å². The lowest BCUT2D eigenvalue weighted by atomic mass is 10.0. The van der Waals surface area contributed by atoms with Crippen molar-refractivity contribution in [2.45, 2.75) is 33.6 Å². The first-order valence-corrected chi connectivity index (χ1v) is 4.52. The van der Waals surface area contributed by atoms with Crippen molar-refractivity contribution in [3.05, 3.63) is 17.4 Å². The van der Waals surface area contributed by atoms with Crippen LogP contribution in [-0.2, 0) is 0 Å². The summed E-state index contributed by atoms with van der Waals surface area (Å²) >= 11 is 0. The second-order valence-electron chi connectivity index (χ2n) is 3.93. The van der Waals surface area contributed by atoms with Crippen LogP contribution in [0.1, 0.15) is 33.6 Å². The SMILES string of the molecule is C#CC1(C=C=C(C)C(C)C)CC1. The Balaban J connectivity index is 2.73. The summed E-state index contributed by atoms with van der Waals surface area (Å²) < 4.78 is 0. The molecule has 0 aromatic carbocycles. The molecule has 1 saturated carbocycles. The van der Waals surface area contributed by atoms with Crippen LogP contribution in [-0.4, -0.2) is 0 Å². The summed E-state index contributed by atoms with van der Waals surface area (Å²) in [7, 11) is 0. The van der Waals surface area contributed by atoms with Gasteiger partial charge < -0.3 is 0 Å². The second-order valence-corrected chi connectivity index (χ2v) is 3.93. The first kappa shape index (κ1) is 9.17. The Morgan fingerprint density at radius 3 is 2.42 bits per heavy atom. The number of hydrogen-bond acceptors (Lipinski definition) is 0. The van der Waals surface area contributed by atoms with Crippen molar-refractivity contribution in [1.29, 1.82) is 0 Å². The minimum Gasteiger partial charge on any atom is -0.125 e. The van der Waals surface area contributed by atoms with Crippen molar-refractivity contribution in [3.63, 3.8) is 0 Å². The van der Waals surface area contributed by atoms with Gasteiger partial charge in [-0.25, -0.2) is 0 Å². The molecule has 0 aromatic heterocycles. The number of hydrogen-bond donors (Lipinski definition) is 0. The molecule has 1 rings (SSSR count). The van der Waals surface area contributed by atoms with E-state index in [1.807, 2.05) is 0 Å². The van der Waals surface area contributed by atoms with Gasteiger partial charge in [0, 0.05) is 0 Å². The highest BCUT2D eigenvalue weighted by atomic mass is 14.4. The third-order valence-electron chi connectivity index (χ3n) is 2.52. The van der Waals surface area contributed by atoms with Crippen LogP contribution in [0.3, 0.4) is 0 Å². The molecule has 0 spiro atoms. The van der Waals surface area contributed by atoms with E-state index in [1.165, 1.54) is 5.57 Å². The van der Waals surface area contributed by atoms with Gasteiger partial charge in [0.1, 0.15) is 0 Å². The standard InChI is InChI=1S/C12H16/c1-5-12(8-9-12)7-6-11(4)10(2)3/h1,7,10H,8-9H2,2-4H3. The molecule has 0 bridgehead atoms. The summed E-state index contributed by atoms with van der Waals surface area (Å²) in [5.41, 5.74) is 4.65. The van der Waals surface area contributed by atoms with Crippen molar-refractivity contribution < 1.29 is 0 Å². The van der Waals surface area contributed by atoms with Crippen LogP contribution in [0.15, 0.2) is 17.4 Å². The molecule has 12 heavy (non-hydrogen) atoms. The van der Waals surface area contributed by atoms with E-state index in [0.29, 0.717) is 5.92 Å². The molecule has 0 heteroatoms. The molecule has 64 valence electrons. The maximum atomic E-state index is 5.40. The topological polar surface area (TPSA) is 0 Å². The van der Waals surface area contributed by atoms with Crippen LogP contribution in [0.25, 0.3) is 0 Å². The molecule has 1 aliphatic carbocycles. The molecule has 1 fully saturated rings. The average Bonchev–Trinajstić information content (AvgIpc) is 2.81. The van der Waals surface area contributed by atoms with Gasteiger partial charge in [-0.05, 0) is 37.3 Å². The summed E-state index contributed by atoms with van der Waals surface area (Å²) in [6.07, 6.45) is 9.75. The molecular formula is C12H16. The monoisotopic (exact) mass is 160 g/mol. The van der Waals surface area contributed by atoms with E-state index in [1.54, 1.807) is 0 Å². The Labute approximate surface area is 75.4 Å². The summed E-state index contributed by atoms with van der Waals surface area (Å²) in [4.78, 5) is 0. The highest BCUT2D eigenvalue weighted by Gasteiger charge is 2.38. The molecule has 0 nitrogen and oxygen atoms in total. The fraction of sp³-hybridized carbons (Fsp3) is 0.583. The molecule has 0 amide bonds. The quantitative estimate of drug-likeness (QED) is 0.430. The zero-order valence-electron chi connectivity index (χ0n) is 8.15. The molecular weight excluding hydrogens is 144 g/mol. The van der Waals surface area contributed by atoms with Crippen LogP contribution in [0.5, 0.6) is 0 Å². The third kappa shape index (κ3) is 2.03. The summed E-state index contributed by atoms with van der Waals surface area (Å²) in [5.74, 6) is 3.39. The van der Waals surface area contributed by atoms with E-state index in [9.17, 15) is 0 Å². The van der Waals surface area contributed by atoms with Gasteiger partial charge in [0.15, 0.2) is 0 Å². The van der Waals surface area contributed by atoms with Gasteiger partial charge in [-0.3, -0.25) is 0 Å². The van der Waals surface area contributed by atoms with Crippen molar-refractivity contribution in [2.75, 3.05) is 0 Å². The lowest BCUT2D eigenvalue weighted by molar-refractivity contribution is 0.769. The molecule has 0 N–H and O–H groups in total. The smallest absolute Gasteiger partial charge is 0.0565 e. The predicted molar refractivity (Wildman–Crippen MR) is 52.6 cm³/mol. The maximum absolute atomic E-state index is 5.40. The molecule has 0 aliphatic heterocycles. The molecule has 0 atom stereocenters. The van der Waals surface area contributed by atoms with E-state index in [2.05, 4.69) is 38.5 Å². The molecule has 0 heterocycles. The predicted octanol–water partition coefficient (Wildman–Crippen LogP) is 3.16. The normalized spacial score (nSPS) is 17.9. The van der Waals surface area contributed by atoms with E-state index in [0.717, 1.165) is 12.8 Å². The van der Waals surface area contributed by atoms with E-state index in [-0.39, 0.29) is 5.41 Å². The minimum absolute atomic E-state index is 0.0795. The highest BCUT2D eigenvalue weighted by Crippen LogP contribution is 2.46. The number of allylic oxidation sites excluding steroid dienone is 1. The fourth-order valence-electron chi connectivity index (χ4n) is 0.884. The van der Waals surface area contributed by atoms with Crippen LogP contribution in [0, 0.1) is 23.7 Å². The molecule has 0 unspecified atom stereocenters. The number of rotatable bonds is 2. The summed E-state index contributed by atoms with van der Waals surface area (Å²) in [6.45, 7) is 6.45. The van der Waals surface area contributed by atoms with Gasteiger partial charge in [0.2, 0.25) is 0 Å². The Kier molecular flexibility index (Phi) is 2.46. The Morgan fingerprint density at radius 2 is 2.08 bits per heavy atom. The molecule has 0 saturated heterocycles. The van der Waals surface area contributed by atoms with Crippen LogP contribution >= 0.6 is 0 Å². The van der Waals surface area contributed by atoms with Crippen LogP contribution in [0.4, 0.5) is 0 Å². The summed E-state index contributed by atoms with van der Waals surface area (Å²) in [6, 6.07) is 0. The average molecular weight is 160 g/mol. The zero-order valence-corrected chi connectivity index (χ0v) is 8.15. The van der Waals surface area contributed by atoms with E-state index >= 15 is 0 Å². The first-order valence-electron chi connectivity index (χ1n) is 4.52. The highest BCUT2D eigenvalue weighted by molar-refractivity contribution is 5.25. The maximum Gasteiger partial charge on any atom is 0.0565 e.